The summed E-state index contributed by atoms with van der Waals surface area (Å²) in [6.07, 6.45) is 8.25. The Hall–Kier alpha value is -0.610. The van der Waals surface area contributed by atoms with E-state index in [9.17, 15) is 4.79 Å². The zero-order valence-corrected chi connectivity index (χ0v) is 12.6. The van der Waals surface area contributed by atoms with Gasteiger partial charge in [0.2, 0.25) is 5.91 Å². The summed E-state index contributed by atoms with van der Waals surface area (Å²) in [5.41, 5.74) is 5.94. The summed E-state index contributed by atoms with van der Waals surface area (Å²) in [6.45, 7) is 5.70. The molecule has 3 aliphatic rings. The second-order valence-electron chi connectivity index (χ2n) is 7.07. The molecule has 114 valence electrons. The topological polar surface area (TPSA) is 49.6 Å². The summed E-state index contributed by atoms with van der Waals surface area (Å²) >= 11 is 0. The van der Waals surface area contributed by atoms with Crippen molar-refractivity contribution in [3.63, 3.8) is 0 Å². The van der Waals surface area contributed by atoms with Crippen LogP contribution in [0.1, 0.15) is 44.9 Å². The molecule has 1 aliphatic carbocycles. The molecule has 0 aromatic carbocycles. The number of carbonyl (C=O) groups excluding carboxylic acids is 1. The zero-order valence-electron chi connectivity index (χ0n) is 12.6. The largest absolute Gasteiger partial charge is 0.342 e. The molecule has 2 saturated heterocycles. The summed E-state index contributed by atoms with van der Waals surface area (Å²) in [6, 6.07) is 0.260. The first kappa shape index (κ1) is 14.3. The quantitative estimate of drug-likeness (QED) is 0.850. The lowest BCUT2D eigenvalue weighted by atomic mass is 10.1. The van der Waals surface area contributed by atoms with E-state index < -0.39 is 0 Å². The van der Waals surface area contributed by atoms with E-state index in [0.717, 1.165) is 32.4 Å². The van der Waals surface area contributed by atoms with E-state index in [1.165, 1.54) is 45.3 Å². The van der Waals surface area contributed by atoms with Crippen LogP contribution in [-0.4, -0.2) is 54.5 Å². The first-order valence-corrected chi connectivity index (χ1v) is 8.49. The minimum atomic E-state index is 0.221. The van der Waals surface area contributed by atoms with Gasteiger partial charge in [0.1, 0.15) is 0 Å². The highest BCUT2D eigenvalue weighted by Crippen LogP contribution is 2.28. The van der Waals surface area contributed by atoms with Gasteiger partial charge in [0, 0.05) is 31.6 Å². The molecule has 20 heavy (non-hydrogen) atoms. The number of hydrogen-bond donors (Lipinski definition) is 1. The van der Waals surface area contributed by atoms with Gasteiger partial charge in [-0.3, -0.25) is 4.79 Å². The molecule has 1 saturated carbocycles. The molecule has 0 aromatic heterocycles. The lowest BCUT2D eigenvalue weighted by molar-refractivity contribution is -0.134. The molecule has 4 heteroatoms. The maximum Gasteiger partial charge on any atom is 0.225 e. The first-order chi connectivity index (χ1) is 9.72. The number of hydrogen-bond acceptors (Lipinski definition) is 3. The van der Waals surface area contributed by atoms with Crippen LogP contribution in [0.15, 0.2) is 0 Å². The predicted octanol–water partition coefficient (Wildman–Crippen LogP) is 1.45. The number of nitrogens with zero attached hydrogens (tertiary/aromatic N) is 2. The van der Waals surface area contributed by atoms with E-state index in [-0.39, 0.29) is 12.0 Å². The Labute approximate surface area is 122 Å². The van der Waals surface area contributed by atoms with E-state index in [1.807, 2.05) is 0 Å². The van der Waals surface area contributed by atoms with Crippen molar-refractivity contribution in [1.29, 1.82) is 0 Å². The monoisotopic (exact) mass is 279 g/mol. The van der Waals surface area contributed by atoms with Crippen LogP contribution in [0.3, 0.4) is 0 Å². The third-order valence-corrected chi connectivity index (χ3v) is 5.39. The minimum absolute atomic E-state index is 0.221. The number of likely N-dealkylation sites (tertiary alicyclic amines) is 2. The second-order valence-corrected chi connectivity index (χ2v) is 7.07. The fourth-order valence-electron chi connectivity index (χ4n) is 4.19. The minimum Gasteiger partial charge on any atom is -0.342 e. The normalized spacial score (nSPS) is 35.6. The van der Waals surface area contributed by atoms with Crippen LogP contribution in [-0.2, 0) is 4.79 Å². The third-order valence-electron chi connectivity index (χ3n) is 5.39. The van der Waals surface area contributed by atoms with Gasteiger partial charge < -0.3 is 15.5 Å². The van der Waals surface area contributed by atoms with Crippen molar-refractivity contribution in [2.45, 2.75) is 51.0 Å². The Balaban J connectivity index is 1.45. The molecular weight excluding hydrogens is 250 g/mol. The van der Waals surface area contributed by atoms with Crippen molar-refractivity contribution >= 4 is 5.91 Å². The molecule has 3 unspecified atom stereocenters. The Morgan fingerprint density at radius 3 is 2.55 bits per heavy atom. The van der Waals surface area contributed by atoms with Crippen LogP contribution in [0, 0.1) is 11.8 Å². The molecule has 3 atom stereocenters. The SMILES string of the molecule is NC1CCC(C(=O)N2CCC(CN3CCCCC3)C2)C1. The van der Waals surface area contributed by atoms with E-state index >= 15 is 0 Å². The number of piperidine rings is 1. The molecule has 0 bridgehead atoms. The van der Waals surface area contributed by atoms with Gasteiger partial charge in [0.25, 0.3) is 0 Å². The molecule has 3 fully saturated rings. The zero-order chi connectivity index (χ0) is 13.9. The molecule has 4 nitrogen and oxygen atoms in total. The van der Waals surface area contributed by atoms with Gasteiger partial charge in [-0.2, -0.15) is 0 Å². The van der Waals surface area contributed by atoms with Crippen LogP contribution in [0.5, 0.6) is 0 Å². The van der Waals surface area contributed by atoms with Crippen molar-refractivity contribution in [2.24, 2.45) is 17.6 Å². The predicted molar refractivity (Wildman–Crippen MR) is 80.3 cm³/mol. The summed E-state index contributed by atoms with van der Waals surface area (Å²) in [4.78, 5) is 17.2. The fraction of sp³-hybridized carbons (Fsp3) is 0.938. The molecule has 2 heterocycles. The van der Waals surface area contributed by atoms with Gasteiger partial charge in [-0.25, -0.2) is 0 Å². The van der Waals surface area contributed by atoms with Crippen LogP contribution in [0.4, 0.5) is 0 Å². The molecule has 2 N–H and O–H groups in total. The van der Waals surface area contributed by atoms with Crippen LogP contribution < -0.4 is 5.73 Å². The van der Waals surface area contributed by atoms with Crippen molar-refractivity contribution < 1.29 is 4.79 Å². The lowest BCUT2D eigenvalue weighted by Gasteiger charge is -2.29. The second kappa shape index (κ2) is 6.44. The Kier molecular flexibility index (Phi) is 4.61. The molecule has 2 aliphatic heterocycles. The summed E-state index contributed by atoms with van der Waals surface area (Å²) in [5.74, 6) is 1.31. The standard InChI is InChI=1S/C16H29N3O/c17-15-5-4-14(10-15)16(20)19-9-6-13(12-19)11-18-7-2-1-3-8-18/h13-15H,1-12,17H2. The molecular formula is C16H29N3O. The maximum atomic E-state index is 12.5. The van der Waals surface area contributed by atoms with E-state index in [2.05, 4.69) is 9.80 Å². The average Bonchev–Trinajstić information content (AvgIpc) is 3.08. The smallest absolute Gasteiger partial charge is 0.225 e. The number of amides is 1. The molecule has 3 rings (SSSR count). The van der Waals surface area contributed by atoms with Crippen LogP contribution >= 0.6 is 0 Å². The van der Waals surface area contributed by atoms with E-state index in [0.29, 0.717) is 11.8 Å². The summed E-state index contributed by atoms with van der Waals surface area (Å²) in [7, 11) is 0. The Morgan fingerprint density at radius 1 is 1.05 bits per heavy atom. The van der Waals surface area contributed by atoms with Crippen molar-refractivity contribution in [2.75, 3.05) is 32.7 Å². The molecule has 1 amide bonds. The van der Waals surface area contributed by atoms with Crippen molar-refractivity contribution in [1.82, 2.24) is 9.80 Å². The number of rotatable bonds is 3. The summed E-state index contributed by atoms with van der Waals surface area (Å²) < 4.78 is 0. The fourth-order valence-corrected chi connectivity index (χ4v) is 4.19. The molecule has 0 aromatic rings. The van der Waals surface area contributed by atoms with Crippen molar-refractivity contribution in [3.8, 4) is 0 Å². The van der Waals surface area contributed by atoms with Gasteiger partial charge in [-0.05, 0) is 57.5 Å². The Morgan fingerprint density at radius 2 is 1.85 bits per heavy atom. The van der Waals surface area contributed by atoms with Crippen LogP contribution in [0.2, 0.25) is 0 Å². The average molecular weight is 279 g/mol. The molecule has 0 radical (unpaired) electrons. The molecule has 0 spiro atoms. The Bertz CT molecular complexity index is 341. The number of carbonyl (C=O) groups is 1. The summed E-state index contributed by atoms with van der Waals surface area (Å²) in [5, 5.41) is 0. The van der Waals surface area contributed by atoms with Gasteiger partial charge in [-0.15, -0.1) is 0 Å². The van der Waals surface area contributed by atoms with Crippen molar-refractivity contribution in [3.05, 3.63) is 0 Å². The van der Waals surface area contributed by atoms with Gasteiger partial charge in [-0.1, -0.05) is 6.42 Å². The highest BCUT2D eigenvalue weighted by Gasteiger charge is 2.34. The maximum absolute atomic E-state index is 12.5. The number of nitrogens with two attached hydrogens (primary N) is 1. The van der Waals surface area contributed by atoms with Crippen LogP contribution in [0.25, 0.3) is 0 Å². The van der Waals surface area contributed by atoms with Gasteiger partial charge in [0.05, 0.1) is 0 Å². The first-order valence-electron chi connectivity index (χ1n) is 8.49. The van der Waals surface area contributed by atoms with E-state index in [1.54, 1.807) is 0 Å². The van der Waals surface area contributed by atoms with Gasteiger partial charge in [0.15, 0.2) is 0 Å². The highest BCUT2D eigenvalue weighted by molar-refractivity contribution is 5.79. The highest BCUT2D eigenvalue weighted by atomic mass is 16.2. The van der Waals surface area contributed by atoms with E-state index in [4.69, 9.17) is 5.73 Å². The third kappa shape index (κ3) is 3.34. The lowest BCUT2D eigenvalue weighted by Crippen LogP contribution is -2.37. The van der Waals surface area contributed by atoms with Gasteiger partial charge >= 0.3 is 0 Å².